The van der Waals surface area contributed by atoms with Gasteiger partial charge < -0.3 is 10.6 Å². The molecule has 0 aliphatic carbocycles. The molecular weight excluding hydrogens is 243 g/mol. The zero-order valence-corrected chi connectivity index (χ0v) is 11.9. The monoisotopic (exact) mass is 264 g/mol. The lowest BCUT2D eigenvalue weighted by molar-refractivity contribution is -0.116. The maximum absolute atomic E-state index is 13.6. The normalized spacial score (nSPS) is 19.2. The summed E-state index contributed by atoms with van der Waals surface area (Å²) in [5, 5.41) is 6.13. The molecule has 1 aromatic carbocycles. The lowest BCUT2D eigenvalue weighted by atomic mass is 9.87. The lowest BCUT2D eigenvalue weighted by Gasteiger charge is -2.26. The average Bonchev–Trinajstić information content (AvgIpc) is 2.35. The van der Waals surface area contributed by atoms with Crippen molar-refractivity contribution in [1.29, 1.82) is 0 Å². The van der Waals surface area contributed by atoms with Gasteiger partial charge in [0.25, 0.3) is 0 Å². The van der Waals surface area contributed by atoms with Crippen molar-refractivity contribution in [2.24, 2.45) is 5.41 Å². The van der Waals surface area contributed by atoms with Crippen LogP contribution in [0.15, 0.2) is 12.1 Å². The molecule has 1 aliphatic heterocycles. The van der Waals surface area contributed by atoms with Crippen LogP contribution in [-0.2, 0) is 4.79 Å². The van der Waals surface area contributed by atoms with Crippen LogP contribution in [0.4, 0.5) is 15.8 Å². The van der Waals surface area contributed by atoms with E-state index in [9.17, 15) is 9.18 Å². The number of benzene rings is 1. The molecule has 2 N–H and O–H groups in total. The molecule has 4 heteroatoms. The molecule has 1 aliphatic rings. The van der Waals surface area contributed by atoms with E-state index in [0.717, 1.165) is 12.1 Å². The number of carbonyl (C=O) groups excluding carboxylic acids is 1. The minimum atomic E-state index is -0.296. The number of hydrogen-bond donors (Lipinski definition) is 2. The van der Waals surface area contributed by atoms with Crippen LogP contribution < -0.4 is 10.6 Å². The van der Waals surface area contributed by atoms with Gasteiger partial charge in [-0.1, -0.05) is 20.8 Å². The number of carbonyl (C=O) groups is 1. The molecule has 1 atom stereocenters. The summed E-state index contributed by atoms with van der Waals surface area (Å²) < 4.78 is 13.6. The van der Waals surface area contributed by atoms with Crippen LogP contribution in [0.3, 0.4) is 0 Å². The fourth-order valence-electron chi connectivity index (χ4n) is 2.46. The molecular formula is C15H21FN2O. The Hall–Kier alpha value is -1.58. The van der Waals surface area contributed by atoms with Gasteiger partial charge >= 0.3 is 0 Å². The highest BCUT2D eigenvalue weighted by atomic mass is 19.1. The molecule has 0 saturated carbocycles. The van der Waals surface area contributed by atoms with Gasteiger partial charge in [-0.25, -0.2) is 4.39 Å². The van der Waals surface area contributed by atoms with Crippen molar-refractivity contribution in [3.8, 4) is 0 Å². The zero-order valence-electron chi connectivity index (χ0n) is 11.9. The molecule has 0 saturated heterocycles. The highest BCUT2D eigenvalue weighted by molar-refractivity contribution is 5.96. The summed E-state index contributed by atoms with van der Waals surface area (Å²) in [6.45, 7) is 8.17. The Morgan fingerprint density at radius 2 is 2.00 bits per heavy atom. The van der Waals surface area contributed by atoms with E-state index in [-0.39, 0.29) is 23.2 Å². The Morgan fingerprint density at radius 1 is 1.32 bits per heavy atom. The fraction of sp³-hybridized carbons (Fsp3) is 0.533. The summed E-state index contributed by atoms with van der Waals surface area (Å²) >= 11 is 0. The molecule has 0 radical (unpaired) electrons. The van der Waals surface area contributed by atoms with Crippen molar-refractivity contribution >= 4 is 17.3 Å². The standard InChI is InChI=1S/C15H21FN2O/c1-9-5-12-13(7-11(9)16)18-14(19)6-10(17-12)8-15(2,3)4/h5,7,10,17H,6,8H2,1-4H3,(H,18,19). The predicted octanol–water partition coefficient (Wildman–Crippen LogP) is 3.69. The highest BCUT2D eigenvalue weighted by Crippen LogP contribution is 2.32. The van der Waals surface area contributed by atoms with Crippen molar-refractivity contribution < 1.29 is 9.18 Å². The maximum Gasteiger partial charge on any atom is 0.226 e. The van der Waals surface area contributed by atoms with Gasteiger partial charge in [0.05, 0.1) is 11.4 Å². The Bertz CT molecular complexity index is 506. The molecule has 1 aromatic rings. The first kappa shape index (κ1) is 13.8. The van der Waals surface area contributed by atoms with Gasteiger partial charge in [0.15, 0.2) is 0 Å². The van der Waals surface area contributed by atoms with Crippen LogP contribution in [-0.4, -0.2) is 11.9 Å². The van der Waals surface area contributed by atoms with E-state index in [4.69, 9.17) is 0 Å². The van der Waals surface area contributed by atoms with E-state index in [2.05, 4.69) is 31.4 Å². The van der Waals surface area contributed by atoms with Gasteiger partial charge in [-0.05, 0) is 36.5 Å². The Balaban J connectivity index is 2.30. The number of halogens is 1. The summed E-state index contributed by atoms with van der Waals surface area (Å²) in [4.78, 5) is 11.9. The summed E-state index contributed by atoms with van der Waals surface area (Å²) in [7, 11) is 0. The molecule has 19 heavy (non-hydrogen) atoms. The number of aryl methyl sites for hydroxylation is 1. The molecule has 1 heterocycles. The molecule has 104 valence electrons. The third kappa shape index (κ3) is 3.46. The molecule has 1 unspecified atom stereocenters. The number of rotatable bonds is 1. The van der Waals surface area contributed by atoms with Crippen LogP contribution >= 0.6 is 0 Å². The Morgan fingerprint density at radius 3 is 2.63 bits per heavy atom. The molecule has 2 rings (SSSR count). The Labute approximate surface area is 113 Å². The lowest BCUT2D eigenvalue weighted by Crippen LogP contribution is -2.27. The molecule has 0 aromatic heterocycles. The average molecular weight is 264 g/mol. The van der Waals surface area contributed by atoms with Crippen LogP contribution in [0.25, 0.3) is 0 Å². The van der Waals surface area contributed by atoms with Crippen molar-refractivity contribution in [2.45, 2.75) is 46.6 Å². The van der Waals surface area contributed by atoms with Crippen molar-refractivity contribution in [1.82, 2.24) is 0 Å². The highest BCUT2D eigenvalue weighted by Gasteiger charge is 2.25. The topological polar surface area (TPSA) is 41.1 Å². The SMILES string of the molecule is Cc1cc2c(cc1F)NC(=O)CC(CC(C)(C)C)N2. The number of nitrogens with one attached hydrogen (secondary N) is 2. The molecule has 0 bridgehead atoms. The first-order valence-corrected chi connectivity index (χ1v) is 6.61. The summed E-state index contributed by atoms with van der Waals surface area (Å²) in [5.74, 6) is -0.362. The quantitative estimate of drug-likeness (QED) is 0.812. The third-order valence-electron chi connectivity index (χ3n) is 3.22. The minimum absolute atomic E-state index is 0.0660. The van der Waals surface area contributed by atoms with E-state index in [1.54, 1.807) is 13.0 Å². The van der Waals surface area contributed by atoms with E-state index in [1.165, 1.54) is 6.07 Å². The number of fused-ring (bicyclic) bond motifs is 1. The molecule has 3 nitrogen and oxygen atoms in total. The van der Waals surface area contributed by atoms with E-state index in [1.807, 2.05) is 0 Å². The van der Waals surface area contributed by atoms with Crippen LogP contribution in [0.5, 0.6) is 0 Å². The number of hydrogen-bond acceptors (Lipinski definition) is 2. The van der Waals surface area contributed by atoms with Crippen molar-refractivity contribution in [3.05, 3.63) is 23.5 Å². The first-order valence-electron chi connectivity index (χ1n) is 6.61. The van der Waals surface area contributed by atoms with Crippen LogP contribution in [0, 0.1) is 18.2 Å². The second-order valence-electron chi connectivity index (χ2n) is 6.51. The van der Waals surface area contributed by atoms with Gasteiger partial charge in [0.2, 0.25) is 5.91 Å². The fourth-order valence-corrected chi connectivity index (χ4v) is 2.46. The second kappa shape index (κ2) is 4.83. The summed E-state index contributed by atoms with van der Waals surface area (Å²) in [6, 6.07) is 3.21. The largest absolute Gasteiger partial charge is 0.380 e. The maximum atomic E-state index is 13.6. The summed E-state index contributed by atoms with van der Waals surface area (Å²) in [5.41, 5.74) is 2.05. The van der Waals surface area contributed by atoms with Gasteiger partial charge in [0, 0.05) is 12.5 Å². The van der Waals surface area contributed by atoms with E-state index < -0.39 is 0 Å². The second-order valence-corrected chi connectivity index (χ2v) is 6.51. The zero-order chi connectivity index (χ0) is 14.2. The smallest absolute Gasteiger partial charge is 0.226 e. The Kier molecular flexibility index (Phi) is 3.52. The van der Waals surface area contributed by atoms with Crippen LogP contribution in [0.1, 0.15) is 39.2 Å². The van der Waals surface area contributed by atoms with Gasteiger partial charge in [0.1, 0.15) is 5.82 Å². The van der Waals surface area contributed by atoms with Gasteiger partial charge in [-0.15, -0.1) is 0 Å². The number of amides is 1. The summed E-state index contributed by atoms with van der Waals surface area (Å²) in [6.07, 6.45) is 1.29. The first-order chi connectivity index (χ1) is 8.74. The van der Waals surface area contributed by atoms with Gasteiger partial charge in [-0.3, -0.25) is 4.79 Å². The molecule has 0 spiro atoms. The molecule has 1 amide bonds. The van der Waals surface area contributed by atoms with Crippen molar-refractivity contribution in [3.63, 3.8) is 0 Å². The van der Waals surface area contributed by atoms with E-state index >= 15 is 0 Å². The molecule has 0 fully saturated rings. The van der Waals surface area contributed by atoms with E-state index in [0.29, 0.717) is 17.7 Å². The predicted molar refractivity (Wildman–Crippen MR) is 75.9 cm³/mol. The van der Waals surface area contributed by atoms with Gasteiger partial charge in [-0.2, -0.15) is 0 Å². The van der Waals surface area contributed by atoms with Crippen LogP contribution in [0.2, 0.25) is 0 Å². The number of anilines is 2. The minimum Gasteiger partial charge on any atom is -0.380 e. The van der Waals surface area contributed by atoms with Crippen molar-refractivity contribution in [2.75, 3.05) is 10.6 Å². The third-order valence-corrected chi connectivity index (χ3v) is 3.22.